The predicted molar refractivity (Wildman–Crippen MR) is 118 cm³/mol. The first-order chi connectivity index (χ1) is 15.0. The van der Waals surface area contributed by atoms with E-state index in [1.54, 1.807) is 4.52 Å². The Hall–Kier alpha value is -2.84. The van der Waals surface area contributed by atoms with Gasteiger partial charge in [-0.1, -0.05) is 29.8 Å². The minimum atomic E-state index is -0.0516. The summed E-state index contributed by atoms with van der Waals surface area (Å²) in [4.78, 5) is 24.0. The van der Waals surface area contributed by atoms with Gasteiger partial charge < -0.3 is 10.1 Å². The molecule has 0 spiro atoms. The normalized spacial score (nSPS) is 15.8. The van der Waals surface area contributed by atoms with Gasteiger partial charge in [0.1, 0.15) is 6.33 Å². The van der Waals surface area contributed by atoms with Crippen molar-refractivity contribution in [1.82, 2.24) is 29.8 Å². The average molecular weight is 423 g/mol. The Kier molecular flexibility index (Phi) is 6.58. The minimum Gasteiger partial charge on any atom is -0.379 e. The molecule has 0 radical (unpaired) electrons. The highest BCUT2D eigenvalue weighted by molar-refractivity contribution is 5.76. The molecular weight excluding hydrogens is 392 g/mol. The lowest BCUT2D eigenvalue weighted by Gasteiger charge is -2.31. The molecule has 3 aromatic rings. The fraction of sp³-hybridized carbons (Fsp3) is 0.478. The molecule has 1 N–H and O–H groups in total. The third-order valence-corrected chi connectivity index (χ3v) is 5.95. The molecule has 0 aliphatic carbocycles. The Bertz CT molecular complexity index is 1040. The van der Waals surface area contributed by atoms with E-state index in [1.807, 2.05) is 13.8 Å². The number of carbonyl (C=O) groups is 1. The summed E-state index contributed by atoms with van der Waals surface area (Å²) in [5, 5.41) is 7.50. The maximum Gasteiger partial charge on any atom is 0.252 e. The number of rotatable bonds is 7. The van der Waals surface area contributed by atoms with Crippen molar-refractivity contribution >= 4 is 11.7 Å². The summed E-state index contributed by atoms with van der Waals surface area (Å²) in [7, 11) is 0. The zero-order valence-electron chi connectivity index (χ0n) is 18.5. The van der Waals surface area contributed by atoms with Crippen LogP contribution < -0.4 is 5.32 Å². The highest BCUT2D eigenvalue weighted by atomic mass is 16.5. The van der Waals surface area contributed by atoms with Gasteiger partial charge in [-0.2, -0.15) is 10.1 Å². The van der Waals surface area contributed by atoms with Crippen LogP contribution in [0.5, 0.6) is 0 Å². The Balaban J connectivity index is 1.45. The first-order valence-electron chi connectivity index (χ1n) is 10.8. The van der Waals surface area contributed by atoms with Crippen LogP contribution in [0.15, 0.2) is 30.6 Å². The number of morpholine rings is 1. The van der Waals surface area contributed by atoms with Gasteiger partial charge in [0.25, 0.3) is 5.78 Å². The lowest BCUT2D eigenvalue weighted by molar-refractivity contribution is -0.122. The fourth-order valence-corrected chi connectivity index (χ4v) is 4.10. The van der Waals surface area contributed by atoms with Gasteiger partial charge in [-0.25, -0.2) is 9.50 Å². The molecule has 0 unspecified atom stereocenters. The lowest BCUT2D eigenvalue weighted by atomic mass is 10.0. The molecule has 8 heteroatoms. The molecule has 3 heterocycles. The third-order valence-electron chi connectivity index (χ3n) is 5.95. The van der Waals surface area contributed by atoms with E-state index in [2.05, 4.69) is 56.5 Å². The van der Waals surface area contributed by atoms with Gasteiger partial charge in [-0.3, -0.25) is 9.69 Å². The molecule has 0 bridgehead atoms. The number of hydrogen-bond acceptors (Lipinski definition) is 6. The molecule has 1 aliphatic heterocycles. The van der Waals surface area contributed by atoms with E-state index in [0.717, 1.165) is 55.4 Å². The number of aryl methyl sites for hydroxylation is 3. The van der Waals surface area contributed by atoms with E-state index in [1.165, 1.54) is 11.9 Å². The maximum absolute atomic E-state index is 12.9. The molecule has 0 saturated carbocycles. The number of aromatic nitrogens is 4. The van der Waals surface area contributed by atoms with Crippen LogP contribution in [-0.2, 0) is 16.0 Å². The molecule has 8 nitrogen and oxygen atoms in total. The van der Waals surface area contributed by atoms with Crippen molar-refractivity contribution in [3.8, 4) is 0 Å². The molecule has 4 rings (SSSR count). The van der Waals surface area contributed by atoms with Crippen LogP contribution in [0, 0.1) is 20.8 Å². The molecule has 1 amide bonds. The average Bonchev–Trinajstić information content (AvgIpc) is 3.23. The van der Waals surface area contributed by atoms with Crippen LogP contribution in [0.1, 0.15) is 40.5 Å². The largest absolute Gasteiger partial charge is 0.379 e. The molecule has 164 valence electrons. The second kappa shape index (κ2) is 9.53. The van der Waals surface area contributed by atoms with E-state index in [9.17, 15) is 4.79 Å². The lowest BCUT2D eigenvalue weighted by Crippen LogP contribution is -2.43. The van der Waals surface area contributed by atoms with Crippen LogP contribution in [0.3, 0.4) is 0 Å². The first-order valence-corrected chi connectivity index (χ1v) is 10.8. The summed E-state index contributed by atoms with van der Waals surface area (Å²) in [5.74, 6) is 0.629. The summed E-state index contributed by atoms with van der Waals surface area (Å²) in [6, 6.07) is 8.36. The van der Waals surface area contributed by atoms with Crippen LogP contribution in [0.25, 0.3) is 5.78 Å². The van der Waals surface area contributed by atoms with E-state index >= 15 is 0 Å². The molecule has 1 aliphatic rings. The Morgan fingerprint density at radius 1 is 1.16 bits per heavy atom. The first kappa shape index (κ1) is 21.4. The molecule has 1 atom stereocenters. The van der Waals surface area contributed by atoms with Crippen molar-refractivity contribution in [3.63, 3.8) is 0 Å². The van der Waals surface area contributed by atoms with E-state index < -0.39 is 0 Å². The SMILES string of the molecule is Cc1ccc([C@@H](CN2CCOCC2)NC(=O)CCc2c(C)nc3ncnn3c2C)cc1. The third kappa shape index (κ3) is 5.08. The number of fused-ring (bicyclic) bond motifs is 1. The van der Waals surface area contributed by atoms with E-state index in [0.29, 0.717) is 18.6 Å². The molecule has 1 saturated heterocycles. The number of ether oxygens (including phenoxy) is 1. The number of nitrogens with zero attached hydrogens (tertiary/aromatic N) is 5. The number of amides is 1. The van der Waals surface area contributed by atoms with Crippen molar-refractivity contribution in [1.29, 1.82) is 0 Å². The van der Waals surface area contributed by atoms with Crippen molar-refractivity contribution in [2.45, 2.75) is 39.7 Å². The molecule has 31 heavy (non-hydrogen) atoms. The number of benzene rings is 1. The Morgan fingerprint density at radius 2 is 1.90 bits per heavy atom. The highest BCUT2D eigenvalue weighted by Crippen LogP contribution is 2.18. The van der Waals surface area contributed by atoms with Gasteiger partial charge in [0.2, 0.25) is 5.91 Å². The highest BCUT2D eigenvalue weighted by Gasteiger charge is 2.21. The van der Waals surface area contributed by atoms with Crippen molar-refractivity contribution < 1.29 is 9.53 Å². The Morgan fingerprint density at radius 3 is 2.65 bits per heavy atom. The van der Waals surface area contributed by atoms with Gasteiger partial charge in [0.15, 0.2) is 0 Å². The quantitative estimate of drug-likeness (QED) is 0.628. The topological polar surface area (TPSA) is 84.6 Å². The number of hydrogen-bond donors (Lipinski definition) is 1. The van der Waals surface area contributed by atoms with Gasteiger partial charge in [0.05, 0.1) is 19.3 Å². The summed E-state index contributed by atoms with van der Waals surface area (Å²) in [5.41, 5.74) is 5.27. The zero-order valence-corrected chi connectivity index (χ0v) is 18.5. The smallest absolute Gasteiger partial charge is 0.252 e. The van der Waals surface area contributed by atoms with Gasteiger partial charge in [-0.05, 0) is 38.3 Å². The summed E-state index contributed by atoms with van der Waals surface area (Å²) in [6.07, 6.45) is 2.52. The van der Waals surface area contributed by atoms with Crippen LogP contribution in [0.4, 0.5) is 0 Å². The zero-order chi connectivity index (χ0) is 21.8. The number of carbonyl (C=O) groups excluding carboxylic acids is 1. The van der Waals surface area contributed by atoms with E-state index in [4.69, 9.17) is 4.74 Å². The minimum absolute atomic E-state index is 0.0383. The van der Waals surface area contributed by atoms with Gasteiger partial charge in [0, 0.05) is 37.4 Å². The summed E-state index contributed by atoms with van der Waals surface area (Å²) < 4.78 is 7.20. The second-order valence-corrected chi connectivity index (χ2v) is 8.18. The summed E-state index contributed by atoms with van der Waals surface area (Å²) in [6.45, 7) is 10.1. The second-order valence-electron chi connectivity index (χ2n) is 8.18. The molecule has 1 aromatic carbocycles. The number of nitrogens with one attached hydrogen (secondary N) is 1. The van der Waals surface area contributed by atoms with Crippen LogP contribution >= 0.6 is 0 Å². The monoisotopic (exact) mass is 422 g/mol. The van der Waals surface area contributed by atoms with Crippen molar-refractivity contribution in [2.24, 2.45) is 0 Å². The maximum atomic E-state index is 12.9. The van der Waals surface area contributed by atoms with E-state index in [-0.39, 0.29) is 11.9 Å². The fourth-order valence-electron chi connectivity index (χ4n) is 4.10. The van der Waals surface area contributed by atoms with Crippen LogP contribution in [0.2, 0.25) is 0 Å². The van der Waals surface area contributed by atoms with Crippen molar-refractivity contribution in [3.05, 3.63) is 58.7 Å². The predicted octanol–water partition coefficient (Wildman–Crippen LogP) is 2.17. The van der Waals surface area contributed by atoms with Crippen LogP contribution in [-0.4, -0.2) is 63.2 Å². The summed E-state index contributed by atoms with van der Waals surface area (Å²) >= 11 is 0. The van der Waals surface area contributed by atoms with Gasteiger partial charge in [-0.15, -0.1) is 0 Å². The Labute approximate surface area is 182 Å². The molecule has 1 fully saturated rings. The van der Waals surface area contributed by atoms with Crippen molar-refractivity contribution in [2.75, 3.05) is 32.8 Å². The molecular formula is C23H30N6O2. The molecule has 2 aromatic heterocycles. The standard InChI is InChI=1S/C23H30N6O2/c1-16-4-6-19(7-5-16)21(14-28-10-12-31-13-11-28)27-22(30)9-8-20-17(2)26-23-24-15-25-29(23)18(20)3/h4-7,15,21H,8-14H2,1-3H3,(H,27,30)/t21-/m1/s1. The van der Waals surface area contributed by atoms with Gasteiger partial charge >= 0.3 is 0 Å².